The highest BCUT2D eigenvalue weighted by Gasteiger charge is 2.04. The molecule has 18 heavy (non-hydrogen) atoms. The largest absolute Gasteiger partial charge is 0.481 e. The van der Waals surface area contributed by atoms with Crippen molar-refractivity contribution in [3.8, 4) is 11.4 Å². The van der Waals surface area contributed by atoms with Gasteiger partial charge in [-0.05, 0) is 31.2 Å². The van der Waals surface area contributed by atoms with Crippen molar-refractivity contribution < 1.29 is 9.90 Å². The summed E-state index contributed by atoms with van der Waals surface area (Å²) in [6, 6.07) is 11.4. The van der Waals surface area contributed by atoms with E-state index in [0.29, 0.717) is 6.42 Å². The van der Waals surface area contributed by atoms with Crippen LogP contribution in [0.2, 0.25) is 0 Å². The molecule has 0 amide bonds. The van der Waals surface area contributed by atoms with E-state index in [1.807, 2.05) is 43.3 Å². The van der Waals surface area contributed by atoms with Gasteiger partial charge in [-0.15, -0.1) is 0 Å². The first-order valence-corrected chi connectivity index (χ1v) is 5.77. The normalized spacial score (nSPS) is 10.3. The molecule has 0 aliphatic rings. The lowest BCUT2D eigenvalue weighted by Crippen LogP contribution is -2.00. The van der Waals surface area contributed by atoms with Gasteiger partial charge in [0.1, 0.15) is 0 Å². The van der Waals surface area contributed by atoms with E-state index in [4.69, 9.17) is 5.11 Å². The van der Waals surface area contributed by atoms with Crippen molar-refractivity contribution in [2.24, 2.45) is 0 Å². The molecule has 0 unspecified atom stereocenters. The summed E-state index contributed by atoms with van der Waals surface area (Å²) in [5.41, 5.74) is 3.30. The number of aliphatic carboxylic acids is 1. The van der Waals surface area contributed by atoms with Gasteiger partial charge in [-0.25, -0.2) is 0 Å². The molecule has 2 aromatic heterocycles. The van der Waals surface area contributed by atoms with Crippen LogP contribution < -0.4 is 0 Å². The third-order valence-corrected chi connectivity index (χ3v) is 2.55. The van der Waals surface area contributed by atoms with Crippen LogP contribution in [0.1, 0.15) is 17.8 Å². The zero-order chi connectivity index (χ0) is 13.0. The highest BCUT2D eigenvalue weighted by atomic mass is 16.4. The second kappa shape index (κ2) is 5.40. The summed E-state index contributed by atoms with van der Waals surface area (Å²) in [4.78, 5) is 19.4. The zero-order valence-electron chi connectivity index (χ0n) is 10.1. The van der Waals surface area contributed by atoms with Crippen LogP contribution in [0.4, 0.5) is 0 Å². The topological polar surface area (TPSA) is 63.1 Å². The van der Waals surface area contributed by atoms with E-state index in [1.165, 1.54) is 0 Å². The van der Waals surface area contributed by atoms with Gasteiger partial charge in [0.2, 0.25) is 0 Å². The summed E-state index contributed by atoms with van der Waals surface area (Å²) in [6.07, 6.45) is 0.534. The number of carbonyl (C=O) groups is 1. The molecule has 92 valence electrons. The Balaban J connectivity index is 2.24. The maximum atomic E-state index is 10.5. The summed E-state index contributed by atoms with van der Waals surface area (Å²) in [6.45, 7) is 1.93. The maximum absolute atomic E-state index is 10.5. The van der Waals surface area contributed by atoms with Crippen molar-refractivity contribution in [2.75, 3.05) is 0 Å². The first-order chi connectivity index (χ1) is 8.65. The summed E-state index contributed by atoms with van der Waals surface area (Å²) in [5.74, 6) is -0.809. The highest BCUT2D eigenvalue weighted by molar-refractivity contribution is 5.67. The molecule has 0 aliphatic heterocycles. The Morgan fingerprint density at radius 1 is 1.11 bits per heavy atom. The lowest BCUT2D eigenvalue weighted by atomic mass is 10.2. The molecule has 2 rings (SSSR count). The summed E-state index contributed by atoms with van der Waals surface area (Å²) in [7, 11) is 0. The van der Waals surface area contributed by atoms with Crippen molar-refractivity contribution in [1.29, 1.82) is 0 Å². The van der Waals surface area contributed by atoms with E-state index in [1.54, 1.807) is 0 Å². The van der Waals surface area contributed by atoms with E-state index in [9.17, 15) is 4.79 Å². The van der Waals surface area contributed by atoms with Crippen molar-refractivity contribution >= 4 is 5.97 Å². The summed E-state index contributed by atoms with van der Waals surface area (Å²) < 4.78 is 0. The minimum Gasteiger partial charge on any atom is -0.481 e. The maximum Gasteiger partial charge on any atom is 0.303 e. The van der Waals surface area contributed by atoms with Crippen LogP contribution in [-0.2, 0) is 11.2 Å². The Labute approximate surface area is 105 Å². The predicted molar refractivity (Wildman–Crippen MR) is 68.2 cm³/mol. The van der Waals surface area contributed by atoms with Crippen LogP contribution in [0.15, 0.2) is 36.4 Å². The molecular formula is C14H14N2O2. The van der Waals surface area contributed by atoms with Crippen LogP contribution in [0, 0.1) is 6.92 Å². The molecule has 4 heteroatoms. The van der Waals surface area contributed by atoms with Gasteiger partial charge in [0.05, 0.1) is 17.8 Å². The van der Waals surface area contributed by atoms with Crippen LogP contribution in [-0.4, -0.2) is 21.0 Å². The second-order valence-corrected chi connectivity index (χ2v) is 4.07. The molecule has 0 saturated carbocycles. The van der Waals surface area contributed by atoms with Gasteiger partial charge in [0, 0.05) is 17.8 Å². The fourth-order valence-corrected chi connectivity index (χ4v) is 1.68. The van der Waals surface area contributed by atoms with E-state index in [-0.39, 0.29) is 6.42 Å². The Morgan fingerprint density at radius 2 is 1.78 bits per heavy atom. The number of hydrogen-bond donors (Lipinski definition) is 1. The number of hydrogen-bond acceptors (Lipinski definition) is 3. The minimum atomic E-state index is -0.809. The van der Waals surface area contributed by atoms with Crippen molar-refractivity contribution in [3.05, 3.63) is 47.8 Å². The molecule has 1 N–H and O–H groups in total. The number of nitrogens with zero attached hydrogens (tertiary/aromatic N) is 2. The molecule has 0 aromatic carbocycles. The number of aryl methyl sites for hydroxylation is 2. The first kappa shape index (κ1) is 12.2. The van der Waals surface area contributed by atoms with Gasteiger partial charge in [0.15, 0.2) is 0 Å². The van der Waals surface area contributed by atoms with E-state index >= 15 is 0 Å². The van der Waals surface area contributed by atoms with E-state index < -0.39 is 5.97 Å². The Kier molecular flexibility index (Phi) is 3.67. The van der Waals surface area contributed by atoms with E-state index in [0.717, 1.165) is 22.8 Å². The van der Waals surface area contributed by atoms with Crippen LogP contribution in [0.5, 0.6) is 0 Å². The molecule has 0 fully saturated rings. The van der Waals surface area contributed by atoms with Gasteiger partial charge < -0.3 is 5.11 Å². The Hall–Kier alpha value is -2.23. The van der Waals surface area contributed by atoms with Crippen LogP contribution >= 0.6 is 0 Å². The van der Waals surface area contributed by atoms with Gasteiger partial charge in [-0.3, -0.25) is 14.8 Å². The van der Waals surface area contributed by atoms with Gasteiger partial charge >= 0.3 is 5.97 Å². The van der Waals surface area contributed by atoms with Crippen LogP contribution in [0.25, 0.3) is 11.4 Å². The van der Waals surface area contributed by atoms with Gasteiger partial charge in [-0.2, -0.15) is 0 Å². The third-order valence-electron chi connectivity index (χ3n) is 2.55. The zero-order valence-corrected chi connectivity index (χ0v) is 10.1. The first-order valence-electron chi connectivity index (χ1n) is 5.77. The second-order valence-electron chi connectivity index (χ2n) is 4.07. The van der Waals surface area contributed by atoms with Gasteiger partial charge in [0.25, 0.3) is 0 Å². The number of carboxylic acid groups (broad SMARTS) is 1. The molecule has 0 radical (unpaired) electrons. The quantitative estimate of drug-likeness (QED) is 0.894. The monoisotopic (exact) mass is 242 g/mol. The summed E-state index contributed by atoms with van der Waals surface area (Å²) >= 11 is 0. The lowest BCUT2D eigenvalue weighted by Gasteiger charge is -2.04. The fourth-order valence-electron chi connectivity index (χ4n) is 1.68. The number of aromatic nitrogens is 2. The number of carboxylic acids is 1. The molecule has 2 aromatic rings. The third kappa shape index (κ3) is 3.13. The Bertz CT molecular complexity index is 567. The average molecular weight is 242 g/mol. The fraction of sp³-hybridized carbons (Fsp3) is 0.214. The van der Waals surface area contributed by atoms with Crippen LogP contribution in [0.3, 0.4) is 0 Å². The van der Waals surface area contributed by atoms with Crippen molar-refractivity contribution in [1.82, 2.24) is 9.97 Å². The molecule has 0 saturated heterocycles. The highest BCUT2D eigenvalue weighted by Crippen LogP contribution is 2.15. The molecule has 0 atom stereocenters. The van der Waals surface area contributed by atoms with Crippen molar-refractivity contribution in [2.45, 2.75) is 19.8 Å². The van der Waals surface area contributed by atoms with E-state index in [2.05, 4.69) is 9.97 Å². The molecule has 0 spiro atoms. The SMILES string of the molecule is Cc1cccc(-c2cccc(CCC(=O)O)n2)n1. The molecule has 4 nitrogen and oxygen atoms in total. The van der Waals surface area contributed by atoms with Gasteiger partial charge in [-0.1, -0.05) is 12.1 Å². The number of pyridine rings is 2. The summed E-state index contributed by atoms with van der Waals surface area (Å²) in [5, 5.41) is 8.66. The standard InChI is InChI=1S/C14H14N2O2/c1-10-4-2-6-12(15-10)13-7-3-5-11(16-13)8-9-14(17)18/h2-7H,8-9H2,1H3,(H,17,18). The van der Waals surface area contributed by atoms with Crippen molar-refractivity contribution in [3.63, 3.8) is 0 Å². The Morgan fingerprint density at radius 3 is 2.44 bits per heavy atom. The predicted octanol–water partition coefficient (Wildman–Crippen LogP) is 2.47. The average Bonchev–Trinajstić information content (AvgIpc) is 2.37. The molecule has 2 heterocycles. The minimum absolute atomic E-state index is 0.0949. The molecule has 0 bridgehead atoms. The lowest BCUT2D eigenvalue weighted by molar-refractivity contribution is -0.136. The molecular weight excluding hydrogens is 228 g/mol. The smallest absolute Gasteiger partial charge is 0.303 e. The molecule has 0 aliphatic carbocycles. The number of rotatable bonds is 4.